The summed E-state index contributed by atoms with van der Waals surface area (Å²) in [5.41, 5.74) is 5.31. The maximum Gasteiger partial charge on any atom is 0.130 e. The Morgan fingerprint density at radius 3 is 2.61 bits per heavy atom. The van der Waals surface area contributed by atoms with Crippen LogP contribution in [0.25, 0.3) is 0 Å². The van der Waals surface area contributed by atoms with Crippen LogP contribution in [0.1, 0.15) is 42.3 Å². The molecular formula is C18H25ClN4. The lowest BCUT2D eigenvalue weighted by Crippen LogP contribution is -2.18. The molecule has 0 radical (unpaired) electrons. The molecule has 1 aromatic carbocycles. The minimum Gasteiger partial charge on any atom is -0.384 e. The third kappa shape index (κ3) is 4.21. The van der Waals surface area contributed by atoms with Crippen LogP contribution in [0, 0.1) is 0 Å². The Balaban J connectivity index is 0.00000192. The summed E-state index contributed by atoms with van der Waals surface area (Å²) in [5.74, 6) is 1.29. The van der Waals surface area contributed by atoms with Crippen molar-refractivity contribution in [3.8, 4) is 0 Å². The lowest BCUT2D eigenvalue weighted by Gasteiger charge is -2.19. The van der Waals surface area contributed by atoms with Crippen LogP contribution in [-0.4, -0.2) is 28.5 Å². The molecule has 0 amide bonds. The Labute approximate surface area is 144 Å². The number of halogens is 1. The number of anilines is 1. The molecule has 0 saturated carbocycles. The molecule has 23 heavy (non-hydrogen) atoms. The molecule has 4 nitrogen and oxygen atoms in total. The summed E-state index contributed by atoms with van der Waals surface area (Å²) in [6.45, 7) is 7.08. The highest BCUT2D eigenvalue weighted by Crippen LogP contribution is 2.27. The van der Waals surface area contributed by atoms with E-state index in [1.807, 2.05) is 12.4 Å². The van der Waals surface area contributed by atoms with Crippen molar-refractivity contribution in [3.05, 3.63) is 53.1 Å². The zero-order valence-corrected chi connectivity index (χ0v) is 14.9. The molecule has 5 heteroatoms. The van der Waals surface area contributed by atoms with Crippen molar-refractivity contribution in [2.24, 2.45) is 0 Å². The van der Waals surface area contributed by atoms with Crippen molar-refractivity contribution in [3.63, 3.8) is 0 Å². The number of para-hydroxylation sites is 1. The second-order valence-corrected chi connectivity index (χ2v) is 6.40. The van der Waals surface area contributed by atoms with Gasteiger partial charge in [-0.1, -0.05) is 32.0 Å². The van der Waals surface area contributed by atoms with Crippen LogP contribution >= 0.6 is 12.4 Å². The maximum atomic E-state index is 4.45. The van der Waals surface area contributed by atoms with Gasteiger partial charge in [0.25, 0.3) is 0 Å². The summed E-state index contributed by atoms with van der Waals surface area (Å²) in [6, 6.07) is 6.60. The molecular weight excluding hydrogens is 308 g/mol. The number of rotatable bonds is 5. The van der Waals surface area contributed by atoms with E-state index in [1.54, 1.807) is 0 Å². The largest absolute Gasteiger partial charge is 0.384 e. The van der Waals surface area contributed by atoms with Gasteiger partial charge in [0.1, 0.15) is 5.82 Å². The van der Waals surface area contributed by atoms with E-state index in [0.717, 1.165) is 37.4 Å². The molecule has 2 aromatic rings. The smallest absolute Gasteiger partial charge is 0.130 e. The molecule has 0 bridgehead atoms. The van der Waals surface area contributed by atoms with Gasteiger partial charge in [-0.05, 0) is 24.6 Å². The fraction of sp³-hybridized carbons (Fsp3) is 0.444. The number of benzene rings is 1. The Hall–Kier alpha value is -1.65. The van der Waals surface area contributed by atoms with Crippen molar-refractivity contribution < 1.29 is 0 Å². The zero-order valence-electron chi connectivity index (χ0n) is 14.0. The quantitative estimate of drug-likeness (QED) is 0.908. The second-order valence-electron chi connectivity index (χ2n) is 6.40. The summed E-state index contributed by atoms with van der Waals surface area (Å²) in [6.07, 6.45) is 5.04. The fourth-order valence-electron chi connectivity index (χ4n) is 2.95. The number of aromatic nitrogens is 2. The van der Waals surface area contributed by atoms with E-state index in [1.165, 1.54) is 16.8 Å². The van der Waals surface area contributed by atoms with E-state index < -0.39 is 0 Å². The highest BCUT2D eigenvalue weighted by Gasteiger charge is 2.14. The van der Waals surface area contributed by atoms with Crippen molar-refractivity contribution in [1.29, 1.82) is 0 Å². The van der Waals surface area contributed by atoms with Crippen LogP contribution in [0.4, 0.5) is 5.69 Å². The minimum absolute atomic E-state index is 0. The highest BCUT2D eigenvalue weighted by molar-refractivity contribution is 5.85. The van der Waals surface area contributed by atoms with Gasteiger partial charge in [-0.15, -0.1) is 12.4 Å². The average Bonchev–Trinajstić information content (AvgIpc) is 2.97. The van der Waals surface area contributed by atoms with E-state index in [9.17, 15) is 0 Å². The van der Waals surface area contributed by atoms with Crippen LogP contribution < -0.4 is 5.32 Å². The van der Waals surface area contributed by atoms with Crippen LogP contribution in [-0.2, 0) is 19.5 Å². The van der Waals surface area contributed by atoms with E-state index in [-0.39, 0.29) is 12.4 Å². The van der Waals surface area contributed by atoms with Gasteiger partial charge in [-0.25, -0.2) is 9.97 Å². The first-order chi connectivity index (χ1) is 10.6. The highest BCUT2D eigenvalue weighted by atomic mass is 35.5. The lowest BCUT2D eigenvalue weighted by atomic mass is 10.1. The standard InChI is InChI=1S/C18H24N4.ClH/c1-13(2)18-20-9-14(10-21-18)11-22(3)12-16-6-4-5-15-7-8-19-17(15)16;/h4-6,9-10,13,19H,7-8,11-12H2,1-3H3;1H. The Morgan fingerprint density at radius 2 is 1.91 bits per heavy atom. The van der Waals surface area contributed by atoms with Gasteiger partial charge in [0.15, 0.2) is 0 Å². The SMILES string of the molecule is CC(C)c1ncc(CN(C)Cc2cccc3c2NCC3)cn1.Cl. The Kier molecular flexibility index (Phi) is 5.97. The van der Waals surface area contributed by atoms with Crippen molar-refractivity contribution in [2.45, 2.75) is 39.3 Å². The first kappa shape index (κ1) is 17.7. The summed E-state index contributed by atoms with van der Waals surface area (Å²) >= 11 is 0. The molecule has 0 aliphatic carbocycles. The molecule has 1 N–H and O–H groups in total. The van der Waals surface area contributed by atoms with Crippen molar-refractivity contribution in [1.82, 2.24) is 14.9 Å². The van der Waals surface area contributed by atoms with Gasteiger partial charge < -0.3 is 5.32 Å². The number of hydrogen-bond donors (Lipinski definition) is 1. The number of nitrogens with zero attached hydrogens (tertiary/aromatic N) is 3. The fourth-order valence-corrected chi connectivity index (χ4v) is 2.95. The summed E-state index contributed by atoms with van der Waals surface area (Å²) in [5, 5.41) is 3.51. The Morgan fingerprint density at radius 1 is 1.17 bits per heavy atom. The van der Waals surface area contributed by atoms with Crippen LogP contribution in [0.3, 0.4) is 0 Å². The first-order valence-corrected chi connectivity index (χ1v) is 7.97. The molecule has 1 aliphatic heterocycles. The van der Waals surface area contributed by atoms with E-state index in [0.29, 0.717) is 5.92 Å². The topological polar surface area (TPSA) is 41.1 Å². The monoisotopic (exact) mass is 332 g/mol. The summed E-state index contributed by atoms with van der Waals surface area (Å²) in [4.78, 5) is 11.2. The van der Waals surface area contributed by atoms with Gasteiger partial charge in [-0.3, -0.25) is 4.90 Å². The van der Waals surface area contributed by atoms with Crippen LogP contribution in [0.15, 0.2) is 30.6 Å². The zero-order chi connectivity index (χ0) is 15.5. The van der Waals surface area contributed by atoms with Crippen molar-refractivity contribution >= 4 is 18.1 Å². The Bertz CT molecular complexity index is 640. The molecule has 124 valence electrons. The minimum atomic E-state index is 0. The van der Waals surface area contributed by atoms with Crippen molar-refractivity contribution in [2.75, 3.05) is 18.9 Å². The van der Waals surface area contributed by atoms with E-state index in [4.69, 9.17) is 0 Å². The molecule has 2 heterocycles. The second kappa shape index (κ2) is 7.75. The molecule has 1 aliphatic rings. The van der Waals surface area contributed by atoms with Gasteiger partial charge in [0.05, 0.1) is 0 Å². The summed E-state index contributed by atoms with van der Waals surface area (Å²) in [7, 11) is 2.14. The normalized spacial score (nSPS) is 12.9. The number of nitrogens with one attached hydrogen (secondary N) is 1. The maximum absolute atomic E-state index is 4.45. The third-order valence-electron chi connectivity index (χ3n) is 4.07. The summed E-state index contributed by atoms with van der Waals surface area (Å²) < 4.78 is 0. The van der Waals surface area contributed by atoms with Gasteiger partial charge in [0.2, 0.25) is 0 Å². The van der Waals surface area contributed by atoms with E-state index in [2.05, 4.69) is 59.3 Å². The molecule has 0 saturated heterocycles. The predicted octanol–water partition coefficient (Wildman–Crippen LogP) is 3.62. The van der Waals surface area contributed by atoms with Gasteiger partial charge in [-0.2, -0.15) is 0 Å². The van der Waals surface area contributed by atoms with Crippen LogP contribution in [0.2, 0.25) is 0 Å². The van der Waals surface area contributed by atoms with Gasteiger partial charge in [0, 0.05) is 49.2 Å². The van der Waals surface area contributed by atoms with Gasteiger partial charge >= 0.3 is 0 Å². The molecule has 0 fully saturated rings. The molecule has 0 unspecified atom stereocenters. The lowest BCUT2D eigenvalue weighted by molar-refractivity contribution is 0.318. The molecule has 0 spiro atoms. The molecule has 1 aromatic heterocycles. The third-order valence-corrected chi connectivity index (χ3v) is 4.07. The number of fused-ring (bicyclic) bond motifs is 1. The predicted molar refractivity (Wildman–Crippen MR) is 97.2 cm³/mol. The number of hydrogen-bond acceptors (Lipinski definition) is 4. The van der Waals surface area contributed by atoms with E-state index >= 15 is 0 Å². The molecule has 3 rings (SSSR count). The van der Waals surface area contributed by atoms with Crippen LogP contribution in [0.5, 0.6) is 0 Å². The average molecular weight is 333 g/mol. The first-order valence-electron chi connectivity index (χ1n) is 7.97. The molecule has 0 atom stereocenters.